The molecule has 0 bridgehead atoms. The van der Waals surface area contributed by atoms with Gasteiger partial charge < -0.3 is 5.32 Å². The Hall–Kier alpha value is -3.02. The first-order valence-electron chi connectivity index (χ1n) is 10.7. The zero-order valence-electron chi connectivity index (χ0n) is 17.6. The Bertz CT molecular complexity index is 1210. The normalized spacial score (nSPS) is 14.2. The molecule has 5 heteroatoms. The van der Waals surface area contributed by atoms with Crippen LogP contribution >= 0.6 is 11.3 Å². The number of thiophene rings is 1. The molecule has 5 rings (SSSR count). The zero-order chi connectivity index (χ0) is 21.2. The van der Waals surface area contributed by atoms with E-state index in [1.54, 1.807) is 11.3 Å². The van der Waals surface area contributed by atoms with Crippen LogP contribution in [0.2, 0.25) is 0 Å². The molecule has 0 atom stereocenters. The van der Waals surface area contributed by atoms with Gasteiger partial charge in [0.25, 0.3) is 5.91 Å². The Morgan fingerprint density at radius 3 is 2.61 bits per heavy atom. The molecule has 2 aromatic carbocycles. The summed E-state index contributed by atoms with van der Waals surface area (Å²) in [6.45, 7) is 5.34. The monoisotopic (exact) mass is 427 g/mol. The van der Waals surface area contributed by atoms with Gasteiger partial charge in [-0.1, -0.05) is 12.1 Å². The minimum absolute atomic E-state index is 0.107. The number of aromatic nitrogens is 1. The number of anilines is 1. The van der Waals surface area contributed by atoms with Gasteiger partial charge in [0.15, 0.2) is 0 Å². The highest BCUT2D eigenvalue weighted by Crippen LogP contribution is 2.26. The van der Waals surface area contributed by atoms with Gasteiger partial charge >= 0.3 is 0 Å². The average Bonchev–Trinajstić information content (AvgIpc) is 3.49. The summed E-state index contributed by atoms with van der Waals surface area (Å²) >= 11 is 1.67. The molecule has 0 aliphatic carbocycles. The molecule has 1 aliphatic heterocycles. The van der Waals surface area contributed by atoms with E-state index in [1.165, 1.54) is 37.1 Å². The summed E-state index contributed by atoms with van der Waals surface area (Å²) in [5.74, 6) is -0.107. The van der Waals surface area contributed by atoms with Crippen molar-refractivity contribution in [1.29, 1.82) is 0 Å². The van der Waals surface area contributed by atoms with Crippen molar-refractivity contribution in [2.24, 2.45) is 0 Å². The number of rotatable bonds is 5. The molecule has 1 fully saturated rings. The van der Waals surface area contributed by atoms with E-state index < -0.39 is 0 Å². The fourth-order valence-electron chi connectivity index (χ4n) is 4.19. The van der Waals surface area contributed by atoms with Gasteiger partial charge in [-0.3, -0.25) is 14.7 Å². The van der Waals surface area contributed by atoms with Gasteiger partial charge in [0.05, 0.1) is 5.52 Å². The van der Waals surface area contributed by atoms with Crippen LogP contribution in [0.15, 0.2) is 65.5 Å². The third-order valence-electron chi connectivity index (χ3n) is 5.94. The standard InChI is InChI=1S/C26H25N3OS/c1-18-12-23-13-19(16-29-9-2-3-10-29)15-27-25(23)14-24(18)28-26(30)21-6-4-20(5-7-21)22-8-11-31-17-22/h4-8,11-15,17H,2-3,9-10,16H2,1H3,(H,28,30). The Morgan fingerprint density at radius 2 is 1.87 bits per heavy atom. The number of benzene rings is 2. The quantitative estimate of drug-likeness (QED) is 0.417. The second-order valence-electron chi connectivity index (χ2n) is 8.23. The first-order valence-corrected chi connectivity index (χ1v) is 11.7. The lowest BCUT2D eigenvalue weighted by molar-refractivity contribution is 0.102. The highest BCUT2D eigenvalue weighted by Gasteiger charge is 2.13. The van der Waals surface area contributed by atoms with Crippen LogP contribution in [0.5, 0.6) is 0 Å². The van der Waals surface area contributed by atoms with Gasteiger partial charge in [-0.05, 0) is 102 Å². The van der Waals surface area contributed by atoms with Crippen LogP contribution in [-0.2, 0) is 6.54 Å². The minimum atomic E-state index is -0.107. The van der Waals surface area contributed by atoms with E-state index in [0.717, 1.165) is 34.3 Å². The van der Waals surface area contributed by atoms with E-state index in [-0.39, 0.29) is 5.91 Å². The van der Waals surface area contributed by atoms with Gasteiger partial charge in [-0.15, -0.1) is 0 Å². The number of amides is 1. The summed E-state index contributed by atoms with van der Waals surface area (Å²) < 4.78 is 0. The summed E-state index contributed by atoms with van der Waals surface area (Å²) in [6, 6.07) is 16.1. The van der Waals surface area contributed by atoms with Gasteiger partial charge in [0.1, 0.15) is 0 Å². The van der Waals surface area contributed by atoms with Crippen LogP contribution in [0.1, 0.15) is 34.3 Å². The van der Waals surface area contributed by atoms with Crippen LogP contribution in [0, 0.1) is 6.92 Å². The Labute approximate surface area is 186 Å². The molecule has 156 valence electrons. The number of carbonyl (C=O) groups is 1. The number of nitrogens with one attached hydrogen (secondary N) is 1. The molecule has 0 unspecified atom stereocenters. The lowest BCUT2D eigenvalue weighted by atomic mass is 10.1. The molecule has 2 aromatic heterocycles. The van der Waals surface area contributed by atoms with Crippen molar-refractivity contribution < 1.29 is 4.79 Å². The molecule has 4 nitrogen and oxygen atoms in total. The largest absolute Gasteiger partial charge is 0.322 e. The van der Waals surface area contributed by atoms with Gasteiger partial charge in [-0.25, -0.2) is 0 Å². The summed E-state index contributed by atoms with van der Waals surface area (Å²) in [6.07, 6.45) is 4.55. The van der Waals surface area contributed by atoms with E-state index >= 15 is 0 Å². The predicted molar refractivity (Wildman–Crippen MR) is 129 cm³/mol. The fourth-order valence-corrected chi connectivity index (χ4v) is 4.86. The van der Waals surface area contributed by atoms with E-state index in [1.807, 2.05) is 43.5 Å². The van der Waals surface area contributed by atoms with Crippen molar-refractivity contribution >= 4 is 33.8 Å². The van der Waals surface area contributed by atoms with Crippen LogP contribution in [0.4, 0.5) is 5.69 Å². The van der Waals surface area contributed by atoms with Crippen molar-refractivity contribution in [1.82, 2.24) is 9.88 Å². The topological polar surface area (TPSA) is 45.2 Å². The molecule has 0 saturated carbocycles. The maximum absolute atomic E-state index is 12.8. The summed E-state index contributed by atoms with van der Waals surface area (Å²) in [7, 11) is 0. The number of nitrogens with zero attached hydrogens (tertiary/aromatic N) is 2. The number of pyridine rings is 1. The molecule has 1 N–H and O–H groups in total. The molecule has 0 radical (unpaired) electrons. The van der Waals surface area contributed by atoms with Crippen molar-refractivity contribution in [3.8, 4) is 11.1 Å². The second-order valence-corrected chi connectivity index (χ2v) is 9.01. The van der Waals surface area contributed by atoms with Crippen molar-refractivity contribution in [3.05, 3.63) is 82.2 Å². The molecule has 1 amide bonds. The summed E-state index contributed by atoms with van der Waals surface area (Å²) in [5.41, 5.74) is 6.93. The number of hydrogen-bond donors (Lipinski definition) is 1. The van der Waals surface area contributed by atoms with Crippen LogP contribution < -0.4 is 5.32 Å². The molecule has 31 heavy (non-hydrogen) atoms. The lowest BCUT2D eigenvalue weighted by Gasteiger charge is -2.15. The van der Waals surface area contributed by atoms with Gasteiger partial charge in [-0.2, -0.15) is 11.3 Å². The van der Waals surface area contributed by atoms with E-state index in [4.69, 9.17) is 0 Å². The predicted octanol–water partition coefficient (Wildman–Crippen LogP) is 6.12. The number of hydrogen-bond acceptors (Lipinski definition) is 4. The molecular weight excluding hydrogens is 402 g/mol. The number of carbonyl (C=O) groups excluding carboxylic acids is 1. The summed E-state index contributed by atoms with van der Waals surface area (Å²) in [4.78, 5) is 20.0. The van der Waals surface area contributed by atoms with Crippen LogP contribution in [0.3, 0.4) is 0 Å². The molecular formula is C26H25N3OS. The fraction of sp³-hybridized carbons (Fsp3) is 0.231. The lowest BCUT2D eigenvalue weighted by Crippen LogP contribution is -2.18. The van der Waals surface area contributed by atoms with Crippen LogP contribution in [0.25, 0.3) is 22.0 Å². The number of fused-ring (bicyclic) bond motifs is 1. The van der Waals surface area contributed by atoms with Crippen molar-refractivity contribution in [2.75, 3.05) is 18.4 Å². The van der Waals surface area contributed by atoms with Crippen molar-refractivity contribution in [3.63, 3.8) is 0 Å². The maximum Gasteiger partial charge on any atom is 0.255 e. The molecule has 4 aromatic rings. The second kappa shape index (κ2) is 8.61. The van der Waals surface area contributed by atoms with E-state index in [9.17, 15) is 4.79 Å². The zero-order valence-corrected chi connectivity index (χ0v) is 18.4. The Kier molecular flexibility index (Phi) is 5.53. The smallest absolute Gasteiger partial charge is 0.255 e. The third-order valence-corrected chi connectivity index (χ3v) is 6.62. The molecule has 1 saturated heterocycles. The van der Waals surface area contributed by atoms with E-state index in [0.29, 0.717) is 5.56 Å². The summed E-state index contributed by atoms with van der Waals surface area (Å²) in [5, 5.41) is 8.34. The van der Waals surface area contributed by atoms with Crippen molar-refractivity contribution in [2.45, 2.75) is 26.3 Å². The number of aryl methyl sites for hydroxylation is 1. The Balaban J connectivity index is 1.33. The molecule has 0 spiro atoms. The molecule has 3 heterocycles. The van der Waals surface area contributed by atoms with Gasteiger partial charge in [0.2, 0.25) is 0 Å². The highest BCUT2D eigenvalue weighted by molar-refractivity contribution is 7.08. The van der Waals surface area contributed by atoms with Gasteiger partial charge in [0, 0.05) is 29.4 Å². The minimum Gasteiger partial charge on any atom is -0.322 e. The molecule has 1 aliphatic rings. The first-order chi connectivity index (χ1) is 15.2. The average molecular weight is 428 g/mol. The third kappa shape index (κ3) is 4.38. The van der Waals surface area contributed by atoms with Crippen LogP contribution in [-0.4, -0.2) is 28.9 Å². The Morgan fingerprint density at radius 1 is 1.06 bits per heavy atom. The highest BCUT2D eigenvalue weighted by atomic mass is 32.1. The van der Waals surface area contributed by atoms with E-state index in [2.05, 4.69) is 44.2 Å². The maximum atomic E-state index is 12.8. The number of likely N-dealkylation sites (tertiary alicyclic amines) is 1. The first kappa shape index (κ1) is 19.9. The SMILES string of the molecule is Cc1cc2cc(CN3CCCC3)cnc2cc1NC(=O)c1ccc(-c2ccsc2)cc1.